The van der Waals surface area contributed by atoms with Gasteiger partial charge in [-0.15, -0.1) is 10.2 Å². The molecule has 3 N–H and O–H groups in total. The second-order valence-electron chi connectivity index (χ2n) is 6.13. The number of rotatable bonds is 4. The number of hydrogen-bond acceptors (Lipinski definition) is 6. The lowest BCUT2D eigenvalue weighted by molar-refractivity contribution is 0.0915. The Morgan fingerprint density at radius 1 is 1.29 bits per heavy atom. The second kappa shape index (κ2) is 6.91. The Kier molecular flexibility index (Phi) is 4.70. The molecular weight excluding hydrogens is 310 g/mol. The van der Waals surface area contributed by atoms with Crippen LogP contribution in [0, 0.1) is 5.92 Å². The largest absolute Gasteiger partial charge is 0.340 e. The Labute approximate surface area is 138 Å². The van der Waals surface area contributed by atoms with Gasteiger partial charge in [-0.1, -0.05) is 13.8 Å². The third-order valence-corrected chi connectivity index (χ3v) is 4.04. The van der Waals surface area contributed by atoms with Crippen molar-refractivity contribution in [2.24, 2.45) is 5.92 Å². The van der Waals surface area contributed by atoms with E-state index >= 15 is 0 Å². The van der Waals surface area contributed by atoms with Gasteiger partial charge in [0.15, 0.2) is 5.82 Å². The number of nitrogens with zero attached hydrogens (tertiary/aromatic N) is 4. The number of aromatic amines is 1. The zero-order chi connectivity index (χ0) is 17.1. The van der Waals surface area contributed by atoms with Gasteiger partial charge in [-0.3, -0.25) is 9.59 Å². The van der Waals surface area contributed by atoms with Crippen molar-refractivity contribution in [2.45, 2.75) is 32.9 Å². The van der Waals surface area contributed by atoms with E-state index in [2.05, 4.69) is 35.6 Å². The van der Waals surface area contributed by atoms with Gasteiger partial charge in [-0.05, 0) is 12.0 Å². The van der Waals surface area contributed by atoms with E-state index in [-0.39, 0.29) is 29.1 Å². The maximum Gasteiger partial charge on any atom is 0.272 e. The Balaban J connectivity index is 1.85. The van der Waals surface area contributed by atoms with Crippen molar-refractivity contribution in [3.8, 4) is 0 Å². The van der Waals surface area contributed by atoms with Crippen molar-refractivity contribution in [2.75, 3.05) is 13.1 Å². The van der Waals surface area contributed by atoms with Crippen molar-refractivity contribution in [1.29, 1.82) is 0 Å². The molecule has 1 unspecified atom stereocenters. The lowest BCUT2D eigenvalue weighted by Crippen LogP contribution is -2.35. The number of aromatic nitrogens is 5. The van der Waals surface area contributed by atoms with E-state index in [4.69, 9.17) is 0 Å². The maximum atomic E-state index is 12.4. The highest BCUT2D eigenvalue weighted by Gasteiger charge is 2.27. The molecule has 0 aliphatic carbocycles. The molecule has 2 aromatic heterocycles. The van der Waals surface area contributed by atoms with Crippen molar-refractivity contribution in [1.82, 2.24) is 35.6 Å². The summed E-state index contributed by atoms with van der Waals surface area (Å²) < 4.78 is 2.07. The first-order chi connectivity index (χ1) is 11.6. The van der Waals surface area contributed by atoms with E-state index < -0.39 is 0 Å². The van der Waals surface area contributed by atoms with E-state index in [1.807, 2.05) is 13.8 Å². The normalized spacial score (nSPS) is 15.6. The SMILES string of the molecule is CC(C)C(NC(=O)c1ccc(=O)[nH]n1)c1nnc2n1CCNCC2. The van der Waals surface area contributed by atoms with E-state index in [0.29, 0.717) is 0 Å². The molecule has 1 aliphatic rings. The average Bonchev–Trinajstić information content (AvgIpc) is 2.80. The molecule has 128 valence electrons. The van der Waals surface area contributed by atoms with Crippen LogP contribution in [0.1, 0.15) is 42.0 Å². The zero-order valence-corrected chi connectivity index (χ0v) is 13.7. The summed E-state index contributed by atoms with van der Waals surface area (Å²) in [6, 6.07) is 2.39. The minimum Gasteiger partial charge on any atom is -0.340 e. The highest BCUT2D eigenvalue weighted by molar-refractivity contribution is 5.92. The number of H-pyrrole nitrogens is 1. The van der Waals surface area contributed by atoms with Crippen LogP contribution in [0.15, 0.2) is 16.9 Å². The molecule has 1 aliphatic heterocycles. The number of fused-ring (bicyclic) bond motifs is 1. The van der Waals surface area contributed by atoms with Crippen LogP contribution in [0.2, 0.25) is 0 Å². The van der Waals surface area contributed by atoms with Gasteiger partial charge in [-0.2, -0.15) is 5.10 Å². The lowest BCUT2D eigenvalue weighted by atomic mass is 10.0. The van der Waals surface area contributed by atoms with Gasteiger partial charge in [-0.25, -0.2) is 5.10 Å². The third-order valence-electron chi connectivity index (χ3n) is 4.04. The Morgan fingerprint density at radius 2 is 2.12 bits per heavy atom. The molecule has 3 rings (SSSR count). The third kappa shape index (κ3) is 3.35. The van der Waals surface area contributed by atoms with E-state index in [0.717, 1.165) is 37.7 Å². The van der Waals surface area contributed by atoms with Gasteiger partial charge in [0, 0.05) is 32.1 Å². The van der Waals surface area contributed by atoms with Crippen molar-refractivity contribution < 1.29 is 4.79 Å². The number of hydrogen-bond donors (Lipinski definition) is 3. The molecule has 0 spiro atoms. The van der Waals surface area contributed by atoms with Crippen LogP contribution < -0.4 is 16.2 Å². The van der Waals surface area contributed by atoms with Crippen LogP contribution in [0.3, 0.4) is 0 Å². The Morgan fingerprint density at radius 3 is 2.83 bits per heavy atom. The van der Waals surface area contributed by atoms with Crippen LogP contribution in [-0.4, -0.2) is 44.0 Å². The van der Waals surface area contributed by atoms with Gasteiger partial charge in [0.2, 0.25) is 0 Å². The van der Waals surface area contributed by atoms with Crippen LogP contribution in [-0.2, 0) is 13.0 Å². The number of nitrogens with one attached hydrogen (secondary N) is 3. The van der Waals surface area contributed by atoms with Crippen molar-refractivity contribution in [3.05, 3.63) is 39.8 Å². The van der Waals surface area contributed by atoms with Crippen LogP contribution in [0.4, 0.5) is 0 Å². The second-order valence-corrected chi connectivity index (χ2v) is 6.13. The fourth-order valence-electron chi connectivity index (χ4n) is 2.74. The summed E-state index contributed by atoms with van der Waals surface area (Å²) in [6.45, 7) is 6.52. The molecule has 0 bridgehead atoms. The fraction of sp³-hybridized carbons (Fsp3) is 0.533. The van der Waals surface area contributed by atoms with Gasteiger partial charge in [0.25, 0.3) is 11.5 Å². The molecule has 0 aromatic carbocycles. The Bertz CT molecular complexity index is 760. The quantitative estimate of drug-likeness (QED) is 0.704. The number of amides is 1. The topological polar surface area (TPSA) is 118 Å². The van der Waals surface area contributed by atoms with Crippen LogP contribution in [0.25, 0.3) is 0 Å². The van der Waals surface area contributed by atoms with Crippen LogP contribution >= 0.6 is 0 Å². The summed E-state index contributed by atoms with van der Waals surface area (Å²) in [4.78, 5) is 23.5. The number of carbonyl (C=O) groups excluding carboxylic acids is 1. The van der Waals surface area contributed by atoms with E-state index in [9.17, 15) is 9.59 Å². The van der Waals surface area contributed by atoms with Gasteiger partial charge >= 0.3 is 0 Å². The molecule has 2 aromatic rings. The minimum atomic E-state index is -0.353. The highest BCUT2D eigenvalue weighted by Crippen LogP contribution is 2.22. The zero-order valence-electron chi connectivity index (χ0n) is 13.7. The first-order valence-corrected chi connectivity index (χ1v) is 8.05. The van der Waals surface area contributed by atoms with Crippen molar-refractivity contribution in [3.63, 3.8) is 0 Å². The molecule has 1 amide bonds. The molecule has 24 heavy (non-hydrogen) atoms. The smallest absolute Gasteiger partial charge is 0.272 e. The molecule has 9 heteroatoms. The fourth-order valence-corrected chi connectivity index (χ4v) is 2.74. The Hall–Kier alpha value is -2.55. The standard InChI is InChI=1S/C15H21N7O2/c1-9(2)13(17-15(24)10-3-4-12(23)20-18-10)14-21-19-11-5-6-16-7-8-22(11)14/h3-4,9,13,16H,5-8H2,1-2H3,(H,17,24)(H,20,23). The lowest BCUT2D eigenvalue weighted by Gasteiger charge is -2.22. The van der Waals surface area contributed by atoms with Gasteiger partial charge in [0.1, 0.15) is 11.5 Å². The minimum absolute atomic E-state index is 0.126. The molecule has 0 saturated carbocycles. The van der Waals surface area contributed by atoms with Gasteiger partial charge < -0.3 is 15.2 Å². The van der Waals surface area contributed by atoms with Crippen LogP contribution in [0.5, 0.6) is 0 Å². The predicted octanol–water partition coefficient (Wildman–Crippen LogP) is -0.366. The average molecular weight is 331 g/mol. The maximum absolute atomic E-state index is 12.4. The van der Waals surface area contributed by atoms with Gasteiger partial charge in [0.05, 0.1) is 6.04 Å². The molecule has 9 nitrogen and oxygen atoms in total. The van der Waals surface area contributed by atoms with Crippen molar-refractivity contribution >= 4 is 5.91 Å². The monoisotopic (exact) mass is 331 g/mol. The van der Waals surface area contributed by atoms with E-state index in [1.165, 1.54) is 12.1 Å². The molecule has 1 atom stereocenters. The number of carbonyl (C=O) groups is 1. The summed E-state index contributed by atoms with van der Waals surface area (Å²) in [7, 11) is 0. The first-order valence-electron chi connectivity index (χ1n) is 8.05. The summed E-state index contributed by atoms with van der Waals surface area (Å²) >= 11 is 0. The molecule has 3 heterocycles. The summed E-state index contributed by atoms with van der Waals surface area (Å²) in [5.41, 5.74) is -0.181. The first kappa shape index (κ1) is 16.3. The summed E-state index contributed by atoms with van der Waals surface area (Å²) in [5, 5.41) is 20.9. The molecular formula is C15H21N7O2. The summed E-state index contributed by atoms with van der Waals surface area (Å²) in [6.07, 6.45) is 0.813. The summed E-state index contributed by atoms with van der Waals surface area (Å²) in [5.74, 6) is 1.45. The highest BCUT2D eigenvalue weighted by atomic mass is 16.2. The molecule has 0 fully saturated rings. The van der Waals surface area contributed by atoms with E-state index in [1.54, 1.807) is 0 Å². The molecule has 0 saturated heterocycles. The predicted molar refractivity (Wildman–Crippen MR) is 86.5 cm³/mol. The molecule has 0 radical (unpaired) electrons.